The Morgan fingerprint density at radius 3 is 2.47 bits per heavy atom. The van der Waals surface area contributed by atoms with Crippen LogP contribution in [0.1, 0.15) is 23.1 Å². The number of rotatable bonds is 7. The molecule has 32 heavy (non-hydrogen) atoms. The molecule has 1 saturated heterocycles. The van der Waals surface area contributed by atoms with Crippen molar-refractivity contribution >= 4 is 39.2 Å². The second-order valence-corrected chi connectivity index (χ2v) is 10.1. The number of carbonyl (C=O) groups is 1. The molecule has 0 amide bonds. The van der Waals surface area contributed by atoms with Crippen molar-refractivity contribution in [2.75, 3.05) is 24.7 Å². The van der Waals surface area contributed by atoms with Gasteiger partial charge in [-0.1, -0.05) is 36.4 Å². The zero-order chi connectivity index (χ0) is 23.1. The van der Waals surface area contributed by atoms with Crippen LogP contribution in [0, 0.1) is 23.8 Å². The molecule has 1 unspecified atom stereocenters. The Hall–Kier alpha value is -2.97. The van der Waals surface area contributed by atoms with Crippen molar-refractivity contribution in [2.45, 2.75) is 12.8 Å². The van der Waals surface area contributed by atoms with Gasteiger partial charge in [-0.05, 0) is 42.2 Å². The minimum Gasteiger partial charge on any atom is -0.294 e. The summed E-state index contributed by atoms with van der Waals surface area (Å²) in [5.74, 6) is -0.443. The number of nitriles is 1. The SMILES string of the molecule is [C-]#[N+]c1ccc(/C=C2\CN(S(=O)(=O)CCCCl)CC(Cc3ccc(C#N)cc3)C2=O)cc1. The van der Waals surface area contributed by atoms with E-state index in [4.69, 9.17) is 23.4 Å². The molecule has 0 spiro atoms. The van der Waals surface area contributed by atoms with Crippen molar-refractivity contribution in [1.29, 1.82) is 5.26 Å². The van der Waals surface area contributed by atoms with Gasteiger partial charge in [0.25, 0.3) is 0 Å². The number of hydrogen-bond donors (Lipinski definition) is 0. The van der Waals surface area contributed by atoms with Gasteiger partial charge in [0.2, 0.25) is 10.0 Å². The van der Waals surface area contributed by atoms with Gasteiger partial charge in [-0.15, -0.1) is 11.6 Å². The van der Waals surface area contributed by atoms with Crippen LogP contribution >= 0.6 is 11.6 Å². The van der Waals surface area contributed by atoms with Crippen LogP contribution < -0.4 is 0 Å². The second kappa shape index (κ2) is 10.6. The molecule has 1 aliphatic heterocycles. The lowest BCUT2D eigenvalue weighted by Crippen LogP contribution is -2.47. The van der Waals surface area contributed by atoms with E-state index in [1.54, 1.807) is 54.6 Å². The Bertz CT molecular complexity index is 1190. The van der Waals surface area contributed by atoms with Crippen molar-refractivity contribution in [3.8, 4) is 6.07 Å². The summed E-state index contributed by atoms with van der Waals surface area (Å²) in [5, 5.41) is 8.98. The molecule has 0 saturated carbocycles. The highest BCUT2D eigenvalue weighted by molar-refractivity contribution is 7.89. The lowest BCUT2D eigenvalue weighted by Gasteiger charge is -2.33. The largest absolute Gasteiger partial charge is 0.294 e. The van der Waals surface area contributed by atoms with E-state index in [0.29, 0.717) is 29.7 Å². The number of alkyl halides is 1. The normalized spacial score (nSPS) is 18.3. The van der Waals surface area contributed by atoms with E-state index >= 15 is 0 Å². The molecule has 0 aromatic heterocycles. The predicted molar refractivity (Wildman–Crippen MR) is 125 cm³/mol. The van der Waals surface area contributed by atoms with Gasteiger partial charge in [-0.2, -0.15) is 9.57 Å². The molecule has 0 N–H and O–H groups in total. The van der Waals surface area contributed by atoms with Crippen LogP contribution in [0.4, 0.5) is 5.69 Å². The quantitative estimate of drug-likeness (QED) is 0.347. The maximum atomic E-state index is 13.3. The zero-order valence-electron chi connectivity index (χ0n) is 17.4. The summed E-state index contributed by atoms with van der Waals surface area (Å²) in [6.07, 6.45) is 2.41. The van der Waals surface area contributed by atoms with Gasteiger partial charge in [-0.25, -0.2) is 13.3 Å². The third-order valence-electron chi connectivity index (χ3n) is 5.32. The van der Waals surface area contributed by atoms with Gasteiger partial charge in [0.05, 0.1) is 24.0 Å². The fraction of sp³-hybridized carbons (Fsp3) is 0.292. The Morgan fingerprint density at radius 1 is 1.19 bits per heavy atom. The molecule has 6 nitrogen and oxygen atoms in total. The van der Waals surface area contributed by atoms with Crippen molar-refractivity contribution in [3.63, 3.8) is 0 Å². The summed E-state index contributed by atoms with van der Waals surface area (Å²) in [7, 11) is -3.57. The topological polar surface area (TPSA) is 82.6 Å². The van der Waals surface area contributed by atoms with E-state index < -0.39 is 15.9 Å². The van der Waals surface area contributed by atoms with E-state index in [-0.39, 0.29) is 30.5 Å². The third-order valence-corrected chi connectivity index (χ3v) is 7.45. The van der Waals surface area contributed by atoms with E-state index in [0.717, 1.165) is 11.1 Å². The Balaban J connectivity index is 1.92. The summed E-state index contributed by atoms with van der Waals surface area (Å²) < 4.78 is 27.1. The molecule has 1 aliphatic rings. The van der Waals surface area contributed by atoms with Crippen LogP contribution in [-0.4, -0.2) is 43.2 Å². The summed E-state index contributed by atoms with van der Waals surface area (Å²) in [6, 6.07) is 15.8. The molecule has 1 atom stereocenters. The standard InChI is InChI=1S/C24H22ClN3O3S/c1-27-23-9-7-19(8-10-23)14-22-17-28(32(30,31)12-2-11-25)16-21(24(22)29)13-18-3-5-20(15-26)6-4-18/h3-10,14,21H,2,11-13,16-17H2/b22-14+. The first-order valence-electron chi connectivity index (χ1n) is 10.1. The van der Waals surface area contributed by atoms with Crippen LogP contribution in [0.2, 0.25) is 0 Å². The molecule has 1 fully saturated rings. The maximum absolute atomic E-state index is 13.3. The van der Waals surface area contributed by atoms with Crippen molar-refractivity contribution in [3.05, 3.63) is 82.2 Å². The average Bonchev–Trinajstić information content (AvgIpc) is 2.81. The number of ketones is 1. The number of carbonyl (C=O) groups excluding carboxylic acids is 1. The number of Topliss-reactive ketones (excluding diaryl/α,β-unsaturated/α-hetero) is 1. The van der Waals surface area contributed by atoms with Gasteiger partial charge in [0, 0.05) is 30.5 Å². The number of halogens is 1. The van der Waals surface area contributed by atoms with Crippen LogP contribution in [0.3, 0.4) is 0 Å². The minimum atomic E-state index is -3.57. The summed E-state index contributed by atoms with van der Waals surface area (Å²) in [4.78, 5) is 16.6. The molecule has 2 aromatic rings. The molecule has 0 aliphatic carbocycles. The highest BCUT2D eigenvalue weighted by atomic mass is 35.5. The lowest BCUT2D eigenvalue weighted by molar-refractivity contribution is -0.120. The first-order chi connectivity index (χ1) is 15.4. The Kier molecular flexibility index (Phi) is 7.82. The molecular formula is C24H22ClN3O3S. The monoisotopic (exact) mass is 467 g/mol. The Morgan fingerprint density at radius 2 is 1.88 bits per heavy atom. The van der Waals surface area contributed by atoms with Crippen LogP contribution in [0.25, 0.3) is 10.9 Å². The number of piperidine rings is 1. The number of hydrogen-bond acceptors (Lipinski definition) is 4. The molecule has 1 heterocycles. The fourth-order valence-electron chi connectivity index (χ4n) is 3.62. The van der Waals surface area contributed by atoms with Crippen molar-refractivity contribution in [1.82, 2.24) is 4.31 Å². The van der Waals surface area contributed by atoms with Gasteiger partial charge in [0.15, 0.2) is 11.5 Å². The highest BCUT2D eigenvalue weighted by Crippen LogP contribution is 2.26. The van der Waals surface area contributed by atoms with E-state index in [9.17, 15) is 13.2 Å². The fourth-order valence-corrected chi connectivity index (χ4v) is 5.42. The van der Waals surface area contributed by atoms with Crippen molar-refractivity contribution < 1.29 is 13.2 Å². The molecule has 3 rings (SSSR count). The Labute approximate surface area is 193 Å². The number of sulfonamides is 1. The van der Waals surface area contributed by atoms with Gasteiger partial charge < -0.3 is 0 Å². The number of benzene rings is 2. The van der Waals surface area contributed by atoms with Crippen LogP contribution in [0.15, 0.2) is 54.1 Å². The molecule has 0 bridgehead atoms. The van der Waals surface area contributed by atoms with Gasteiger partial charge in [0.1, 0.15) is 0 Å². The number of nitrogens with zero attached hydrogens (tertiary/aromatic N) is 3. The van der Waals surface area contributed by atoms with Crippen molar-refractivity contribution in [2.24, 2.45) is 5.92 Å². The highest BCUT2D eigenvalue weighted by Gasteiger charge is 2.36. The first kappa shape index (κ1) is 23.7. The van der Waals surface area contributed by atoms with E-state index in [1.165, 1.54) is 4.31 Å². The van der Waals surface area contributed by atoms with Gasteiger partial charge in [-0.3, -0.25) is 4.79 Å². The summed E-state index contributed by atoms with van der Waals surface area (Å²) >= 11 is 5.70. The zero-order valence-corrected chi connectivity index (χ0v) is 18.9. The molecule has 0 radical (unpaired) electrons. The second-order valence-electron chi connectivity index (χ2n) is 7.60. The molecule has 8 heteroatoms. The predicted octanol–water partition coefficient (Wildman–Crippen LogP) is 4.19. The molecule has 164 valence electrons. The minimum absolute atomic E-state index is 0.0118. The van der Waals surface area contributed by atoms with Gasteiger partial charge >= 0.3 is 0 Å². The van der Waals surface area contributed by atoms with Crippen LogP contribution in [0.5, 0.6) is 0 Å². The molecular weight excluding hydrogens is 446 g/mol. The summed E-state index contributed by atoms with van der Waals surface area (Å²) in [6.45, 7) is 7.18. The first-order valence-corrected chi connectivity index (χ1v) is 12.3. The van der Waals surface area contributed by atoms with E-state index in [1.807, 2.05) is 0 Å². The smallest absolute Gasteiger partial charge is 0.214 e. The lowest BCUT2D eigenvalue weighted by atomic mass is 9.87. The average molecular weight is 468 g/mol. The molecule has 2 aromatic carbocycles. The third kappa shape index (κ3) is 5.83. The van der Waals surface area contributed by atoms with Crippen LogP contribution in [-0.2, 0) is 21.2 Å². The maximum Gasteiger partial charge on any atom is 0.214 e. The van der Waals surface area contributed by atoms with E-state index in [2.05, 4.69) is 10.9 Å². The summed E-state index contributed by atoms with van der Waals surface area (Å²) in [5.41, 5.74) is 3.03.